The normalized spacial score (nSPS) is 31.7. The Morgan fingerprint density at radius 3 is 2.68 bits per heavy atom. The van der Waals surface area contributed by atoms with E-state index >= 15 is 0 Å². The van der Waals surface area contributed by atoms with Crippen LogP contribution < -0.4 is 5.73 Å². The number of fused-ring (bicyclic) bond motifs is 1. The van der Waals surface area contributed by atoms with E-state index in [2.05, 4.69) is 4.90 Å². The van der Waals surface area contributed by atoms with Gasteiger partial charge in [0, 0.05) is 12.6 Å². The molecular formula is C16H32N2O. The molecule has 1 saturated heterocycles. The van der Waals surface area contributed by atoms with E-state index < -0.39 is 5.60 Å². The molecule has 3 unspecified atom stereocenters. The predicted octanol–water partition coefficient (Wildman–Crippen LogP) is 2.52. The van der Waals surface area contributed by atoms with Crippen molar-refractivity contribution in [3.8, 4) is 0 Å². The highest BCUT2D eigenvalue weighted by atomic mass is 16.3. The number of nitrogens with two attached hydrogens (primary N) is 1. The van der Waals surface area contributed by atoms with Gasteiger partial charge in [-0.25, -0.2) is 0 Å². The van der Waals surface area contributed by atoms with E-state index in [4.69, 9.17) is 5.73 Å². The van der Waals surface area contributed by atoms with Gasteiger partial charge in [-0.3, -0.25) is 0 Å². The van der Waals surface area contributed by atoms with Crippen molar-refractivity contribution in [2.75, 3.05) is 19.6 Å². The molecular weight excluding hydrogens is 236 g/mol. The molecule has 0 radical (unpaired) electrons. The lowest BCUT2D eigenvalue weighted by molar-refractivity contribution is 0.0457. The maximum atomic E-state index is 9.91. The average Bonchev–Trinajstić information content (AvgIpc) is 2.44. The third-order valence-electron chi connectivity index (χ3n) is 5.21. The molecule has 1 aliphatic carbocycles. The molecule has 0 amide bonds. The van der Waals surface area contributed by atoms with Gasteiger partial charge >= 0.3 is 0 Å². The van der Waals surface area contributed by atoms with Gasteiger partial charge in [0.15, 0.2) is 0 Å². The summed E-state index contributed by atoms with van der Waals surface area (Å²) in [5.74, 6) is 0.981. The SMILES string of the molecule is CC(O)(CN)CCCCN1CCCC2CCCCC21. The lowest BCUT2D eigenvalue weighted by atomic mass is 9.78. The molecule has 0 bridgehead atoms. The number of hydrogen-bond donors (Lipinski definition) is 2. The second-order valence-corrected chi connectivity index (χ2v) is 6.95. The summed E-state index contributed by atoms with van der Waals surface area (Å²) >= 11 is 0. The molecule has 2 rings (SSSR count). The van der Waals surface area contributed by atoms with Crippen LogP contribution in [0.4, 0.5) is 0 Å². The molecule has 3 heteroatoms. The van der Waals surface area contributed by atoms with E-state index in [0.29, 0.717) is 6.54 Å². The Kier molecular flexibility index (Phi) is 5.67. The Morgan fingerprint density at radius 1 is 1.16 bits per heavy atom. The molecule has 3 atom stereocenters. The van der Waals surface area contributed by atoms with Crippen molar-refractivity contribution in [3.63, 3.8) is 0 Å². The molecule has 19 heavy (non-hydrogen) atoms. The zero-order valence-corrected chi connectivity index (χ0v) is 12.6. The van der Waals surface area contributed by atoms with Crippen molar-refractivity contribution >= 4 is 0 Å². The molecule has 112 valence electrons. The van der Waals surface area contributed by atoms with Gasteiger partial charge in [0.25, 0.3) is 0 Å². The van der Waals surface area contributed by atoms with Crippen LogP contribution in [0, 0.1) is 5.92 Å². The highest BCUT2D eigenvalue weighted by molar-refractivity contribution is 4.87. The fourth-order valence-corrected chi connectivity index (χ4v) is 3.93. The van der Waals surface area contributed by atoms with Crippen LogP contribution in [-0.2, 0) is 0 Å². The van der Waals surface area contributed by atoms with Crippen LogP contribution in [-0.4, -0.2) is 41.3 Å². The van der Waals surface area contributed by atoms with Crippen LogP contribution in [0.25, 0.3) is 0 Å². The van der Waals surface area contributed by atoms with Gasteiger partial charge in [-0.15, -0.1) is 0 Å². The Labute approximate surface area is 118 Å². The molecule has 1 aliphatic heterocycles. The van der Waals surface area contributed by atoms with Gasteiger partial charge in [0.2, 0.25) is 0 Å². The fraction of sp³-hybridized carbons (Fsp3) is 1.00. The van der Waals surface area contributed by atoms with E-state index in [1.807, 2.05) is 6.92 Å². The molecule has 0 spiro atoms. The number of likely N-dealkylation sites (tertiary alicyclic amines) is 1. The van der Waals surface area contributed by atoms with E-state index in [1.54, 1.807) is 0 Å². The average molecular weight is 268 g/mol. The standard InChI is InChI=1S/C16H32N2O/c1-16(19,13-17)10-4-5-11-18-12-6-8-14-7-2-3-9-15(14)18/h14-15,19H,2-13,17H2,1H3. The van der Waals surface area contributed by atoms with Gasteiger partial charge in [-0.05, 0) is 70.9 Å². The second-order valence-electron chi connectivity index (χ2n) is 6.95. The van der Waals surface area contributed by atoms with Crippen molar-refractivity contribution in [1.29, 1.82) is 0 Å². The minimum atomic E-state index is -0.657. The number of aliphatic hydroxyl groups is 1. The monoisotopic (exact) mass is 268 g/mol. The zero-order chi connectivity index (χ0) is 13.7. The van der Waals surface area contributed by atoms with Crippen molar-refractivity contribution in [3.05, 3.63) is 0 Å². The quantitative estimate of drug-likeness (QED) is 0.728. The Balaban J connectivity index is 1.70. The smallest absolute Gasteiger partial charge is 0.0741 e. The Bertz CT molecular complexity index is 265. The molecule has 3 nitrogen and oxygen atoms in total. The minimum Gasteiger partial charge on any atom is -0.389 e. The van der Waals surface area contributed by atoms with Gasteiger partial charge in [-0.2, -0.15) is 0 Å². The summed E-state index contributed by atoms with van der Waals surface area (Å²) in [5, 5.41) is 9.91. The molecule has 1 saturated carbocycles. The molecule has 2 fully saturated rings. The topological polar surface area (TPSA) is 49.5 Å². The minimum absolute atomic E-state index is 0.376. The molecule has 0 aromatic heterocycles. The first kappa shape index (κ1) is 15.3. The molecule has 2 aliphatic rings. The molecule has 1 heterocycles. The predicted molar refractivity (Wildman–Crippen MR) is 80.1 cm³/mol. The number of rotatable bonds is 6. The van der Waals surface area contributed by atoms with Crippen LogP contribution in [0.3, 0.4) is 0 Å². The van der Waals surface area contributed by atoms with E-state index in [1.165, 1.54) is 58.0 Å². The molecule has 0 aromatic rings. The summed E-state index contributed by atoms with van der Waals surface area (Å²) in [6.45, 7) is 4.75. The van der Waals surface area contributed by atoms with Crippen LogP contribution in [0.15, 0.2) is 0 Å². The van der Waals surface area contributed by atoms with E-state index in [-0.39, 0.29) is 0 Å². The molecule has 0 aromatic carbocycles. The van der Waals surface area contributed by atoms with Crippen LogP contribution in [0.1, 0.15) is 64.7 Å². The van der Waals surface area contributed by atoms with E-state index in [9.17, 15) is 5.11 Å². The van der Waals surface area contributed by atoms with Gasteiger partial charge in [0.05, 0.1) is 5.60 Å². The summed E-state index contributed by atoms with van der Waals surface area (Å²) in [6.07, 6.45) is 11.8. The summed E-state index contributed by atoms with van der Waals surface area (Å²) in [7, 11) is 0. The van der Waals surface area contributed by atoms with Crippen molar-refractivity contribution in [1.82, 2.24) is 4.90 Å². The van der Waals surface area contributed by atoms with Crippen molar-refractivity contribution in [2.45, 2.75) is 76.4 Å². The van der Waals surface area contributed by atoms with Crippen LogP contribution >= 0.6 is 0 Å². The van der Waals surface area contributed by atoms with E-state index in [0.717, 1.165) is 24.8 Å². The second kappa shape index (κ2) is 7.05. The Hall–Kier alpha value is -0.120. The summed E-state index contributed by atoms with van der Waals surface area (Å²) in [4.78, 5) is 2.74. The lowest BCUT2D eigenvalue weighted by Gasteiger charge is -2.44. The van der Waals surface area contributed by atoms with Crippen LogP contribution in [0.2, 0.25) is 0 Å². The van der Waals surface area contributed by atoms with Crippen molar-refractivity contribution < 1.29 is 5.11 Å². The number of piperidine rings is 1. The maximum absolute atomic E-state index is 9.91. The first-order chi connectivity index (χ1) is 9.12. The Morgan fingerprint density at radius 2 is 1.89 bits per heavy atom. The summed E-state index contributed by atoms with van der Waals surface area (Å²) in [6, 6.07) is 0.873. The highest BCUT2D eigenvalue weighted by Crippen LogP contribution is 2.35. The van der Waals surface area contributed by atoms with Crippen molar-refractivity contribution in [2.24, 2.45) is 11.7 Å². The first-order valence-electron chi connectivity index (χ1n) is 8.29. The number of nitrogens with zero attached hydrogens (tertiary/aromatic N) is 1. The third-order valence-corrected chi connectivity index (χ3v) is 5.21. The molecule has 3 N–H and O–H groups in total. The highest BCUT2D eigenvalue weighted by Gasteiger charge is 2.32. The number of hydrogen-bond acceptors (Lipinski definition) is 3. The summed E-state index contributed by atoms with van der Waals surface area (Å²) < 4.78 is 0. The lowest BCUT2D eigenvalue weighted by Crippen LogP contribution is -2.47. The van der Waals surface area contributed by atoms with Gasteiger partial charge in [-0.1, -0.05) is 12.8 Å². The van der Waals surface area contributed by atoms with Gasteiger partial charge < -0.3 is 15.7 Å². The largest absolute Gasteiger partial charge is 0.389 e. The fourth-order valence-electron chi connectivity index (χ4n) is 3.93. The van der Waals surface area contributed by atoms with Gasteiger partial charge in [0.1, 0.15) is 0 Å². The number of unbranched alkanes of at least 4 members (excludes halogenated alkanes) is 1. The first-order valence-corrected chi connectivity index (χ1v) is 8.29. The third kappa shape index (κ3) is 4.44. The zero-order valence-electron chi connectivity index (χ0n) is 12.6. The summed E-state index contributed by atoms with van der Waals surface area (Å²) in [5.41, 5.74) is 4.90. The maximum Gasteiger partial charge on any atom is 0.0741 e. The van der Waals surface area contributed by atoms with Crippen LogP contribution in [0.5, 0.6) is 0 Å².